The third kappa shape index (κ3) is 2.52. The molecule has 0 fully saturated rings. The molecule has 0 saturated heterocycles. The Labute approximate surface area is 127 Å². The van der Waals surface area contributed by atoms with Crippen LogP contribution in [0, 0.1) is 24.4 Å². The summed E-state index contributed by atoms with van der Waals surface area (Å²) in [5.41, 5.74) is 3.54. The number of H-pyrrole nitrogens is 1. The first-order chi connectivity index (χ1) is 10.1. The fourth-order valence-electron chi connectivity index (χ4n) is 2.44. The number of hydrogen-bond donors (Lipinski definition) is 1. The van der Waals surface area contributed by atoms with Gasteiger partial charge in [0.15, 0.2) is 10.6 Å². The molecule has 0 unspecified atom stereocenters. The largest absolute Gasteiger partial charge is 0.268 e. The minimum Gasteiger partial charge on any atom is -0.268 e. The van der Waals surface area contributed by atoms with Gasteiger partial charge in [-0.3, -0.25) is 9.67 Å². The molecule has 0 aliphatic carbocycles. The van der Waals surface area contributed by atoms with Crippen LogP contribution in [-0.2, 0) is 0 Å². The summed E-state index contributed by atoms with van der Waals surface area (Å²) < 4.78 is 16.2. The average Bonchev–Trinajstić information content (AvgIpc) is 2.80. The first-order valence-corrected chi connectivity index (χ1v) is 6.98. The maximum atomic E-state index is 14.0. The third-order valence-electron chi connectivity index (χ3n) is 3.25. The Morgan fingerprint density at radius 1 is 1.10 bits per heavy atom. The van der Waals surface area contributed by atoms with Gasteiger partial charge in [-0.05, 0) is 61.5 Å². The van der Waals surface area contributed by atoms with E-state index in [9.17, 15) is 4.39 Å². The van der Waals surface area contributed by atoms with Gasteiger partial charge in [0.2, 0.25) is 0 Å². The minimum atomic E-state index is -0.322. The highest BCUT2D eigenvalue weighted by atomic mass is 32.1. The SMILES string of the molecule is Cc1cc(C)cc(-n2c(-c3ccccc3F)n[nH]c2=S)c1. The lowest BCUT2D eigenvalue weighted by atomic mass is 10.1. The van der Waals surface area contributed by atoms with E-state index in [1.807, 2.05) is 26.0 Å². The Morgan fingerprint density at radius 2 is 1.76 bits per heavy atom. The van der Waals surface area contributed by atoms with Gasteiger partial charge in [0.25, 0.3) is 0 Å². The summed E-state index contributed by atoms with van der Waals surface area (Å²) in [5, 5.41) is 6.94. The predicted octanol–water partition coefficient (Wildman–Crippen LogP) is 4.35. The van der Waals surface area contributed by atoms with E-state index >= 15 is 0 Å². The van der Waals surface area contributed by atoms with E-state index in [1.54, 1.807) is 22.8 Å². The van der Waals surface area contributed by atoms with E-state index in [4.69, 9.17) is 12.2 Å². The van der Waals surface area contributed by atoms with Gasteiger partial charge in [0.05, 0.1) is 11.3 Å². The van der Waals surface area contributed by atoms with Gasteiger partial charge in [-0.15, -0.1) is 0 Å². The van der Waals surface area contributed by atoms with Crippen molar-refractivity contribution in [2.24, 2.45) is 0 Å². The van der Waals surface area contributed by atoms with E-state index in [2.05, 4.69) is 16.3 Å². The summed E-state index contributed by atoms with van der Waals surface area (Å²) in [5.74, 6) is 0.153. The molecule has 1 aromatic heterocycles. The molecule has 1 N–H and O–H groups in total. The lowest BCUT2D eigenvalue weighted by Crippen LogP contribution is -2.00. The van der Waals surface area contributed by atoms with Crippen LogP contribution in [0.5, 0.6) is 0 Å². The monoisotopic (exact) mass is 299 g/mol. The molecule has 0 spiro atoms. The first kappa shape index (κ1) is 13.7. The number of aromatic amines is 1. The topological polar surface area (TPSA) is 33.6 Å². The maximum absolute atomic E-state index is 14.0. The average molecular weight is 299 g/mol. The van der Waals surface area contributed by atoms with Crippen molar-refractivity contribution in [1.82, 2.24) is 14.8 Å². The Kier molecular flexibility index (Phi) is 3.43. The van der Waals surface area contributed by atoms with Crippen LogP contribution in [0.1, 0.15) is 11.1 Å². The summed E-state index contributed by atoms with van der Waals surface area (Å²) in [7, 11) is 0. The van der Waals surface area contributed by atoms with Gasteiger partial charge in [-0.2, -0.15) is 5.10 Å². The second-order valence-electron chi connectivity index (χ2n) is 5.01. The van der Waals surface area contributed by atoms with Crippen molar-refractivity contribution in [3.8, 4) is 17.1 Å². The molecular formula is C16H14FN3S. The zero-order chi connectivity index (χ0) is 15.0. The second-order valence-corrected chi connectivity index (χ2v) is 5.40. The molecule has 21 heavy (non-hydrogen) atoms. The number of benzene rings is 2. The molecule has 2 aromatic carbocycles. The molecule has 0 amide bonds. The van der Waals surface area contributed by atoms with Gasteiger partial charge in [0.1, 0.15) is 5.82 Å². The number of nitrogens with zero attached hydrogens (tertiary/aromatic N) is 2. The fourth-order valence-corrected chi connectivity index (χ4v) is 2.68. The molecule has 3 rings (SSSR count). The van der Waals surface area contributed by atoms with E-state index in [0.29, 0.717) is 16.2 Å². The van der Waals surface area contributed by atoms with Crippen LogP contribution < -0.4 is 0 Å². The number of aromatic nitrogens is 3. The highest BCUT2D eigenvalue weighted by molar-refractivity contribution is 7.71. The van der Waals surface area contributed by atoms with Crippen LogP contribution in [-0.4, -0.2) is 14.8 Å². The third-order valence-corrected chi connectivity index (χ3v) is 3.53. The van der Waals surface area contributed by atoms with Crippen molar-refractivity contribution in [1.29, 1.82) is 0 Å². The molecule has 0 atom stereocenters. The van der Waals surface area contributed by atoms with Crippen LogP contribution in [0.2, 0.25) is 0 Å². The quantitative estimate of drug-likeness (QED) is 0.714. The Hall–Kier alpha value is -2.27. The Bertz CT molecular complexity index is 844. The van der Waals surface area contributed by atoms with Crippen molar-refractivity contribution in [2.75, 3.05) is 0 Å². The molecule has 1 heterocycles. The van der Waals surface area contributed by atoms with E-state index in [1.165, 1.54) is 6.07 Å². The van der Waals surface area contributed by atoms with Crippen molar-refractivity contribution in [3.05, 3.63) is 64.2 Å². The van der Waals surface area contributed by atoms with Gasteiger partial charge in [0, 0.05) is 0 Å². The van der Waals surface area contributed by atoms with E-state index < -0.39 is 0 Å². The summed E-state index contributed by atoms with van der Waals surface area (Å²) in [4.78, 5) is 0. The van der Waals surface area contributed by atoms with Crippen LogP contribution in [0.4, 0.5) is 4.39 Å². The van der Waals surface area contributed by atoms with Crippen LogP contribution >= 0.6 is 12.2 Å². The zero-order valence-corrected chi connectivity index (χ0v) is 12.5. The molecular weight excluding hydrogens is 285 g/mol. The Morgan fingerprint density at radius 3 is 2.43 bits per heavy atom. The number of halogens is 1. The van der Waals surface area contributed by atoms with Gasteiger partial charge >= 0.3 is 0 Å². The predicted molar refractivity (Wildman–Crippen MR) is 83.6 cm³/mol. The van der Waals surface area contributed by atoms with Crippen molar-refractivity contribution >= 4 is 12.2 Å². The maximum Gasteiger partial charge on any atom is 0.200 e. The van der Waals surface area contributed by atoms with Crippen molar-refractivity contribution < 1.29 is 4.39 Å². The molecule has 3 nitrogen and oxygen atoms in total. The van der Waals surface area contributed by atoms with Crippen LogP contribution in [0.15, 0.2) is 42.5 Å². The number of rotatable bonds is 2. The lowest BCUT2D eigenvalue weighted by molar-refractivity contribution is 0.629. The minimum absolute atomic E-state index is 0.322. The number of nitrogens with one attached hydrogen (secondary N) is 1. The summed E-state index contributed by atoms with van der Waals surface area (Å²) in [6.45, 7) is 4.03. The normalized spacial score (nSPS) is 10.8. The molecule has 5 heteroatoms. The van der Waals surface area contributed by atoms with Crippen molar-refractivity contribution in [3.63, 3.8) is 0 Å². The van der Waals surface area contributed by atoms with Gasteiger partial charge in [-0.1, -0.05) is 18.2 Å². The van der Waals surface area contributed by atoms with Gasteiger partial charge < -0.3 is 0 Å². The molecule has 3 aromatic rings. The molecule has 0 aliphatic heterocycles. The van der Waals surface area contributed by atoms with E-state index in [-0.39, 0.29) is 5.82 Å². The molecule has 106 valence electrons. The van der Waals surface area contributed by atoms with Crippen LogP contribution in [0.3, 0.4) is 0 Å². The van der Waals surface area contributed by atoms with Crippen LogP contribution in [0.25, 0.3) is 17.1 Å². The molecule has 0 saturated carbocycles. The first-order valence-electron chi connectivity index (χ1n) is 6.57. The number of aryl methyl sites for hydroxylation is 2. The molecule has 0 aliphatic rings. The molecule has 0 radical (unpaired) electrons. The Balaban J connectivity index is 2.27. The molecule has 0 bridgehead atoms. The zero-order valence-electron chi connectivity index (χ0n) is 11.7. The highest BCUT2D eigenvalue weighted by Crippen LogP contribution is 2.24. The standard InChI is InChI=1S/C16H14FN3S/c1-10-7-11(2)9-12(8-10)20-15(18-19-16(20)21)13-5-3-4-6-14(13)17/h3-9H,1-2H3,(H,19,21). The lowest BCUT2D eigenvalue weighted by Gasteiger charge is -2.09. The smallest absolute Gasteiger partial charge is 0.200 e. The summed E-state index contributed by atoms with van der Waals surface area (Å²) >= 11 is 5.31. The fraction of sp³-hybridized carbons (Fsp3) is 0.125. The summed E-state index contributed by atoms with van der Waals surface area (Å²) in [6, 6.07) is 12.6. The summed E-state index contributed by atoms with van der Waals surface area (Å²) in [6.07, 6.45) is 0. The van der Waals surface area contributed by atoms with Gasteiger partial charge in [-0.25, -0.2) is 4.39 Å². The van der Waals surface area contributed by atoms with Crippen molar-refractivity contribution in [2.45, 2.75) is 13.8 Å². The highest BCUT2D eigenvalue weighted by Gasteiger charge is 2.14. The number of hydrogen-bond acceptors (Lipinski definition) is 2. The van der Waals surface area contributed by atoms with E-state index in [0.717, 1.165) is 16.8 Å². The second kappa shape index (κ2) is 5.26.